The van der Waals surface area contributed by atoms with E-state index in [1.54, 1.807) is 6.92 Å². The minimum Gasteiger partial charge on any atom is -0.299 e. The summed E-state index contributed by atoms with van der Waals surface area (Å²) in [6.07, 6.45) is 3.15. The molecule has 0 radical (unpaired) electrons. The van der Waals surface area contributed by atoms with Gasteiger partial charge in [0.2, 0.25) is 0 Å². The fourth-order valence-electron chi connectivity index (χ4n) is 2.19. The minimum atomic E-state index is 0.108. The Kier molecular flexibility index (Phi) is 4.03. The second-order valence-corrected chi connectivity index (χ2v) is 5.86. The molecule has 0 bridgehead atoms. The number of hydrogen-bond acceptors (Lipinski definition) is 4. The van der Waals surface area contributed by atoms with Gasteiger partial charge in [-0.1, -0.05) is 18.7 Å². The average molecular weight is 260 g/mol. The Morgan fingerprint density at radius 2 is 2.44 bits per heavy atom. The molecule has 0 aromatic carbocycles. The summed E-state index contributed by atoms with van der Waals surface area (Å²) in [7, 11) is 0. The van der Waals surface area contributed by atoms with E-state index in [4.69, 9.17) is 5.26 Å². The third-order valence-corrected chi connectivity index (χ3v) is 4.27. The molecule has 2 rings (SSSR count). The number of Topliss-reactive ketones (excluding diaryl/α,β-unsaturated/α-hetero) is 1. The number of hydrogen-bond donors (Lipinski definition) is 0. The lowest BCUT2D eigenvalue weighted by Crippen LogP contribution is -2.14. The molecule has 1 atom stereocenters. The number of pyridine rings is 1. The summed E-state index contributed by atoms with van der Waals surface area (Å²) in [4.78, 5) is 15.6. The summed E-state index contributed by atoms with van der Waals surface area (Å²) >= 11 is 1.37. The maximum absolute atomic E-state index is 11.0. The van der Waals surface area contributed by atoms with Gasteiger partial charge in [-0.15, -0.1) is 0 Å². The van der Waals surface area contributed by atoms with Gasteiger partial charge in [-0.3, -0.25) is 4.79 Å². The number of fused-ring (bicyclic) bond motifs is 1. The van der Waals surface area contributed by atoms with Gasteiger partial charge in [0.1, 0.15) is 16.9 Å². The van der Waals surface area contributed by atoms with Crippen molar-refractivity contribution in [3.8, 4) is 6.07 Å². The molecule has 0 saturated heterocycles. The van der Waals surface area contributed by atoms with Crippen molar-refractivity contribution < 1.29 is 4.79 Å². The summed E-state index contributed by atoms with van der Waals surface area (Å²) in [5.41, 5.74) is 2.92. The van der Waals surface area contributed by atoms with Gasteiger partial charge in [0.15, 0.2) is 0 Å². The molecule has 1 aromatic heterocycles. The zero-order valence-corrected chi connectivity index (χ0v) is 11.5. The van der Waals surface area contributed by atoms with E-state index in [0.29, 0.717) is 22.3 Å². The van der Waals surface area contributed by atoms with Crippen LogP contribution in [0.1, 0.15) is 37.1 Å². The molecule has 1 aliphatic carbocycles. The molecular formula is C14H16N2OS. The smallest absolute Gasteiger partial charge is 0.140 e. The zero-order valence-electron chi connectivity index (χ0n) is 10.7. The first kappa shape index (κ1) is 13.1. The molecule has 94 valence electrons. The molecule has 0 N–H and O–H groups in total. The molecule has 0 spiro atoms. The molecule has 1 aromatic rings. The van der Waals surface area contributed by atoms with Gasteiger partial charge in [0, 0.05) is 5.69 Å². The highest BCUT2D eigenvalue weighted by Crippen LogP contribution is 2.29. The molecule has 0 amide bonds. The first-order chi connectivity index (χ1) is 8.60. The molecule has 1 aliphatic rings. The standard InChI is InChI=1S/C14H16N2OS/c1-9-3-4-13-11(5-9)6-12(7-15)14(16-13)18-8-10(2)17/h6,9H,3-5,8H2,1-2H3. The van der Waals surface area contributed by atoms with E-state index in [2.05, 4.69) is 18.0 Å². The molecular weight excluding hydrogens is 244 g/mol. The maximum atomic E-state index is 11.0. The lowest BCUT2D eigenvalue weighted by atomic mass is 9.87. The van der Waals surface area contributed by atoms with Crippen LogP contribution >= 0.6 is 11.8 Å². The third kappa shape index (κ3) is 2.91. The SMILES string of the molecule is CC(=O)CSc1nc2c(cc1C#N)CC(C)CC2. The molecule has 18 heavy (non-hydrogen) atoms. The molecule has 1 unspecified atom stereocenters. The Balaban J connectivity index is 2.30. The Labute approximate surface area is 112 Å². The number of rotatable bonds is 3. The zero-order chi connectivity index (χ0) is 13.1. The van der Waals surface area contributed by atoms with Crippen molar-refractivity contribution in [2.24, 2.45) is 5.92 Å². The topological polar surface area (TPSA) is 53.8 Å². The number of thioether (sulfide) groups is 1. The quantitative estimate of drug-likeness (QED) is 0.784. The number of carbonyl (C=O) groups is 1. The Morgan fingerprint density at radius 1 is 1.67 bits per heavy atom. The van der Waals surface area contributed by atoms with Crippen molar-refractivity contribution >= 4 is 17.5 Å². The van der Waals surface area contributed by atoms with E-state index in [9.17, 15) is 4.79 Å². The normalized spacial score (nSPS) is 17.9. The molecule has 0 fully saturated rings. The van der Waals surface area contributed by atoms with Gasteiger partial charge in [-0.2, -0.15) is 5.26 Å². The van der Waals surface area contributed by atoms with E-state index in [1.165, 1.54) is 17.3 Å². The van der Waals surface area contributed by atoms with E-state index < -0.39 is 0 Å². The van der Waals surface area contributed by atoms with Crippen LogP contribution in [0.4, 0.5) is 0 Å². The second-order valence-electron chi connectivity index (χ2n) is 4.90. The number of carbonyl (C=O) groups excluding carboxylic acids is 1. The van der Waals surface area contributed by atoms with Crippen LogP contribution in [0.2, 0.25) is 0 Å². The summed E-state index contributed by atoms with van der Waals surface area (Å²) in [5, 5.41) is 9.87. The van der Waals surface area contributed by atoms with Gasteiger partial charge in [-0.25, -0.2) is 4.98 Å². The Hall–Kier alpha value is -1.34. The monoisotopic (exact) mass is 260 g/mol. The van der Waals surface area contributed by atoms with E-state index >= 15 is 0 Å². The molecule has 1 heterocycles. The average Bonchev–Trinajstić information content (AvgIpc) is 2.35. The maximum Gasteiger partial charge on any atom is 0.140 e. The summed E-state index contributed by atoms with van der Waals surface area (Å²) < 4.78 is 0. The lowest BCUT2D eigenvalue weighted by Gasteiger charge is -2.21. The lowest BCUT2D eigenvalue weighted by molar-refractivity contribution is -0.114. The number of aromatic nitrogens is 1. The van der Waals surface area contributed by atoms with E-state index in [0.717, 1.165) is 25.0 Å². The number of aryl methyl sites for hydroxylation is 1. The van der Waals surface area contributed by atoms with Crippen molar-refractivity contribution in [1.82, 2.24) is 4.98 Å². The van der Waals surface area contributed by atoms with Crippen LogP contribution in [0.25, 0.3) is 0 Å². The molecule has 4 heteroatoms. The van der Waals surface area contributed by atoms with Gasteiger partial charge >= 0.3 is 0 Å². The summed E-state index contributed by atoms with van der Waals surface area (Å²) in [6.45, 7) is 3.78. The van der Waals surface area contributed by atoms with Crippen molar-refractivity contribution in [2.45, 2.75) is 38.1 Å². The van der Waals surface area contributed by atoms with Crippen LogP contribution < -0.4 is 0 Å². The largest absolute Gasteiger partial charge is 0.299 e. The number of ketones is 1. The predicted octanol–water partition coefficient (Wildman–Crippen LogP) is 2.76. The second kappa shape index (κ2) is 5.53. The third-order valence-electron chi connectivity index (χ3n) is 3.13. The predicted molar refractivity (Wildman–Crippen MR) is 71.5 cm³/mol. The van der Waals surface area contributed by atoms with Crippen LogP contribution in [0.5, 0.6) is 0 Å². The first-order valence-corrected chi connectivity index (χ1v) is 7.14. The Morgan fingerprint density at radius 3 is 3.11 bits per heavy atom. The minimum absolute atomic E-state index is 0.108. The number of nitriles is 1. The van der Waals surface area contributed by atoms with E-state index in [1.807, 2.05) is 6.07 Å². The highest BCUT2D eigenvalue weighted by atomic mass is 32.2. The van der Waals surface area contributed by atoms with Gasteiger partial charge in [0.05, 0.1) is 11.3 Å². The fourth-order valence-corrected chi connectivity index (χ4v) is 2.96. The molecule has 0 aliphatic heterocycles. The fraction of sp³-hybridized carbons (Fsp3) is 0.500. The van der Waals surface area contributed by atoms with Crippen LogP contribution in [0, 0.1) is 17.2 Å². The summed E-state index contributed by atoms with van der Waals surface area (Å²) in [5.74, 6) is 1.16. The van der Waals surface area contributed by atoms with Crippen molar-refractivity contribution in [2.75, 3.05) is 5.75 Å². The van der Waals surface area contributed by atoms with Crippen LogP contribution in [-0.4, -0.2) is 16.5 Å². The van der Waals surface area contributed by atoms with E-state index in [-0.39, 0.29) is 5.78 Å². The van der Waals surface area contributed by atoms with Crippen LogP contribution in [0.15, 0.2) is 11.1 Å². The van der Waals surface area contributed by atoms with Crippen LogP contribution in [-0.2, 0) is 17.6 Å². The number of nitrogens with zero attached hydrogens (tertiary/aromatic N) is 2. The molecule has 3 nitrogen and oxygen atoms in total. The first-order valence-electron chi connectivity index (χ1n) is 6.15. The van der Waals surface area contributed by atoms with Crippen LogP contribution in [0.3, 0.4) is 0 Å². The summed E-state index contributed by atoms with van der Waals surface area (Å²) in [6, 6.07) is 4.15. The highest BCUT2D eigenvalue weighted by Gasteiger charge is 2.19. The molecule has 0 saturated carbocycles. The van der Waals surface area contributed by atoms with Crippen molar-refractivity contribution in [3.05, 3.63) is 22.9 Å². The van der Waals surface area contributed by atoms with Crippen molar-refractivity contribution in [1.29, 1.82) is 5.26 Å². The Bertz CT molecular complexity index is 519. The highest BCUT2D eigenvalue weighted by molar-refractivity contribution is 8.00. The van der Waals surface area contributed by atoms with Crippen molar-refractivity contribution in [3.63, 3.8) is 0 Å². The van der Waals surface area contributed by atoms with Gasteiger partial charge in [-0.05, 0) is 43.7 Å². The van der Waals surface area contributed by atoms with Gasteiger partial charge in [0.25, 0.3) is 0 Å². The van der Waals surface area contributed by atoms with Gasteiger partial charge < -0.3 is 0 Å².